The molecule has 2 N–H and O–H groups in total. The Labute approximate surface area is 115 Å². The smallest absolute Gasteiger partial charge is 0.120 e. The van der Waals surface area contributed by atoms with Gasteiger partial charge in [-0.3, -0.25) is 0 Å². The number of rotatable bonds is 4. The number of aliphatic hydroxyl groups is 1. The molecule has 1 atom stereocenters. The van der Waals surface area contributed by atoms with E-state index in [0.717, 1.165) is 25.3 Å². The molecular formula is C15H24N2O2. The molecule has 0 spiro atoms. The standard InChI is InChI=1S/C15H24N2O2/c1-15(2)11-17(10-12(16-15)7-8-18)13-5-4-6-14(9-13)19-3/h4-6,9,12,16,18H,7-8,10-11H2,1-3H3. The molecule has 1 heterocycles. The van der Waals surface area contributed by atoms with E-state index >= 15 is 0 Å². The van der Waals surface area contributed by atoms with Gasteiger partial charge in [-0.2, -0.15) is 0 Å². The summed E-state index contributed by atoms with van der Waals surface area (Å²) in [5.74, 6) is 0.882. The molecule has 1 aromatic rings. The van der Waals surface area contributed by atoms with Crippen LogP contribution in [0.1, 0.15) is 20.3 Å². The molecule has 0 bridgehead atoms. The van der Waals surface area contributed by atoms with E-state index in [1.54, 1.807) is 7.11 Å². The Bertz CT molecular complexity index is 420. The van der Waals surface area contributed by atoms with E-state index in [1.807, 2.05) is 12.1 Å². The summed E-state index contributed by atoms with van der Waals surface area (Å²) in [5.41, 5.74) is 1.22. The van der Waals surface area contributed by atoms with Crippen LogP contribution in [0.3, 0.4) is 0 Å². The van der Waals surface area contributed by atoms with Crippen LogP contribution in [-0.4, -0.2) is 43.5 Å². The zero-order valence-electron chi connectivity index (χ0n) is 12.0. The molecule has 0 radical (unpaired) electrons. The minimum atomic E-state index is 0.0428. The monoisotopic (exact) mass is 264 g/mol. The van der Waals surface area contributed by atoms with Crippen molar-refractivity contribution in [2.24, 2.45) is 0 Å². The summed E-state index contributed by atoms with van der Waals surface area (Å²) in [4.78, 5) is 2.36. The first kappa shape index (κ1) is 14.2. The van der Waals surface area contributed by atoms with Gasteiger partial charge >= 0.3 is 0 Å². The van der Waals surface area contributed by atoms with Crippen LogP contribution in [0.4, 0.5) is 5.69 Å². The molecule has 1 unspecified atom stereocenters. The Morgan fingerprint density at radius 3 is 2.95 bits per heavy atom. The van der Waals surface area contributed by atoms with Crippen LogP contribution in [0, 0.1) is 0 Å². The summed E-state index contributed by atoms with van der Waals surface area (Å²) in [6.45, 7) is 6.48. The van der Waals surface area contributed by atoms with Gasteiger partial charge in [0.25, 0.3) is 0 Å². The van der Waals surface area contributed by atoms with Crippen molar-refractivity contribution in [1.29, 1.82) is 0 Å². The fourth-order valence-corrected chi connectivity index (χ4v) is 2.77. The molecule has 2 rings (SSSR count). The lowest BCUT2D eigenvalue weighted by Gasteiger charge is -2.45. The lowest BCUT2D eigenvalue weighted by molar-refractivity contribution is 0.224. The first-order valence-corrected chi connectivity index (χ1v) is 6.81. The second-order valence-electron chi connectivity index (χ2n) is 5.82. The van der Waals surface area contributed by atoms with Gasteiger partial charge in [-0.1, -0.05) is 6.07 Å². The number of piperazine rings is 1. The first-order valence-electron chi connectivity index (χ1n) is 6.81. The fourth-order valence-electron chi connectivity index (χ4n) is 2.77. The predicted octanol–water partition coefficient (Wildman–Crippen LogP) is 1.63. The number of nitrogens with one attached hydrogen (secondary N) is 1. The minimum Gasteiger partial charge on any atom is -0.497 e. The highest BCUT2D eigenvalue weighted by atomic mass is 16.5. The lowest BCUT2D eigenvalue weighted by Crippen LogP contribution is -2.62. The van der Waals surface area contributed by atoms with Gasteiger partial charge in [0.05, 0.1) is 7.11 Å². The third-order valence-corrected chi connectivity index (χ3v) is 3.52. The average Bonchev–Trinajstić information content (AvgIpc) is 2.37. The molecule has 4 heteroatoms. The molecule has 1 saturated heterocycles. The number of aliphatic hydroxyl groups excluding tert-OH is 1. The molecule has 106 valence electrons. The van der Waals surface area contributed by atoms with E-state index in [1.165, 1.54) is 5.69 Å². The largest absolute Gasteiger partial charge is 0.497 e. The van der Waals surface area contributed by atoms with Crippen LogP contribution >= 0.6 is 0 Å². The molecule has 0 saturated carbocycles. The minimum absolute atomic E-state index is 0.0428. The van der Waals surface area contributed by atoms with E-state index in [0.29, 0.717) is 6.04 Å². The van der Waals surface area contributed by atoms with Crippen LogP contribution in [0.5, 0.6) is 5.75 Å². The fraction of sp³-hybridized carbons (Fsp3) is 0.600. The molecule has 1 aliphatic heterocycles. The third-order valence-electron chi connectivity index (χ3n) is 3.52. The van der Waals surface area contributed by atoms with Crippen molar-refractivity contribution in [1.82, 2.24) is 5.32 Å². The van der Waals surface area contributed by atoms with E-state index in [-0.39, 0.29) is 12.1 Å². The molecule has 1 aliphatic rings. The number of hydrogen-bond donors (Lipinski definition) is 2. The number of ether oxygens (including phenoxy) is 1. The molecule has 0 aliphatic carbocycles. The summed E-state index contributed by atoms with van der Waals surface area (Å²) < 4.78 is 5.29. The molecule has 19 heavy (non-hydrogen) atoms. The lowest BCUT2D eigenvalue weighted by atomic mass is 9.96. The highest BCUT2D eigenvalue weighted by molar-refractivity contribution is 5.51. The van der Waals surface area contributed by atoms with Crippen molar-refractivity contribution in [2.75, 3.05) is 31.7 Å². The summed E-state index contributed by atoms with van der Waals surface area (Å²) in [6, 6.07) is 8.48. The Balaban J connectivity index is 2.17. The van der Waals surface area contributed by atoms with Gasteiger partial charge in [-0.25, -0.2) is 0 Å². The molecule has 1 fully saturated rings. The van der Waals surface area contributed by atoms with Crippen LogP contribution in [0.25, 0.3) is 0 Å². The maximum absolute atomic E-state index is 9.15. The van der Waals surface area contributed by atoms with E-state index in [4.69, 9.17) is 9.84 Å². The quantitative estimate of drug-likeness (QED) is 0.867. The van der Waals surface area contributed by atoms with Crippen molar-refractivity contribution >= 4 is 5.69 Å². The molecule has 4 nitrogen and oxygen atoms in total. The van der Waals surface area contributed by atoms with E-state index in [2.05, 4.69) is 36.2 Å². The summed E-state index contributed by atoms with van der Waals surface area (Å²) >= 11 is 0. The van der Waals surface area contributed by atoms with Crippen LogP contribution in [0.15, 0.2) is 24.3 Å². The predicted molar refractivity (Wildman–Crippen MR) is 77.9 cm³/mol. The van der Waals surface area contributed by atoms with Crippen molar-refractivity contribution in [3.8, 4) is 5.75 Å². The average molecular weight is 264 g/mol. The van der Waals surface area contributed by atoms with E-state index in [9.17, 15) is 0 Å². The van der Waals surface area contributed by atoms with Crippen LogP contribution in [-0.2, 0) is 0 Å². The van der Waals surface area contributed by atoms with Gasteiger partial charge in [0, 0.05) is 43.0 Å². The summed E-state index contributed by atoms with van der Waals surface area (Å²) in [5, 5.41) is 12.7. The normalized spacial score (nSPS) is 22.3. The molecular weight excluding hydrogens is 240 g/mol. The third kappa shape index (κ3) is 3.61. The van der Waals surface area contributed by atoms with Crippen LogP contribution in [0.2, 0.25) is 0 Å². The number of nitrogens with zero attached hydrogens (tertiary/aromatic N) is 1. The van der Waals surface area contributed by atoms with Gasteiger partial charge < -0.3 is 20.1 Å². The number of benzene rings is 1. The summed E-state index contributed by atoms with van der Waals surface area (Å²) in [7, 11) is 1.69. The second kappa shape index (κ2) is 5.80. The van der Waals surface area contributed by atoms with Gasteiger partial charge in [0.1, 0.15) is 5.75 Å². The highest BCUT2D eigenvalue weighted by Crippen LogP contribution is 2.25. The van der Waals surface area contributed by atoms with Gasteiger partial charge in [0.15, 0.2) is 0 Å². The number of anilines is 1. The Morgan fingerprint density at radius 2 is 2.26 bits per heavy atom. The van der Waals surface area contributed by atoms with Gasteiger partial charge in [0.2, 0.25) is 0 Å². The zero-order chi connectivity index (χ0) is 13.9. The molecule has 0 aromatic heterocycles. The van der Waals surface area contributed by atoms with Crippen molar-refractivity contribution < 1.29 is 9.84 Å². The topological polar surface area (TPSA) is 44.7 Å². The van der Waals surface area contributed by atoms with Crippen molar-refractivity contribution in [2.45, 2.75) is 31.8 Å². The molecule has 1 aromatic carbocycles. The van der Waals surface area contributed by atoms with E-state index < -0.39 is 0 Å². The first-order chi connectivity index (χ1) is 9.04. The number of hydrogen-bond acceptors (Lipinski definition) is 4. The van der Waals surface area contributed by atoms with Gasteiger partial charge in [-0.05, 0) is 32.4 Å². The van der Waals surface area contributed by atoms with Crippen molar-refractivity contribution in [3.63, 3.8) is 0 Å². The van der Waals surface area contributed by atoms with Gasteiger partial charge in [-0.15, -0.1) is 0 Å². The van der Waals surface area contributed by atoms with Crippen LogP contribution < -0.4 is 15.0 Å². The highest BCUT2D eigenvalue weighted by Gasteiger charge is 2.31. The Hall–Kier alpha value is -1.26. The second-order valence-corrected chi connectivity index (χ2v) is 5.82. The Morgan fingerprint density at radius 1 is 1.47 bits per heavy atom. The Kier molecular flexibility index (Phi) is 4.32. The number of methoxy groups -OCH3 is 1. The zero-order valence-corrected chi connectivity index (χ0v) is 12.0. The maximum atomic E-state index is 9.15. The maximum Gasteiger partial charge on any atom is 0.120 e. The SMILES string of the molecule is COc1cccc(N2CC(CCO)NC(C)(C)C2)c1. The summed E-state index contributed by atoms with van der Waals surface area (Å²) in [6.07, 6.45) is 0.782. The molecule has 0 amide bonds. The van der Waals surface area contributed by atoms with Crippen molar-refractivity contribution in [3.05, 3.63) is 24.3 Å².